The molecule has 0 saturated carbocycles. The zero-order chi connectivity index (χ0) is 24.2. The molecule has 1 heterocycles. The van der Waals surface area contributed by atoms with Gasteiger partial charge in [0.25, 0.3) is 11.6 Å². The van der Waals surface area contributed by atoms with Gasteiger partial charge >= 0.3 is 5.97 Å². The lowest BCUT2D eigenvalue weighted by molar-refractivity contribution is -0.383. The van der Waals surface area contributed by atoms with Crippen molar-refractivity contribution in [2.75, 3.05) is 18.5 Å². The SMILES string of the molecule is Cc1ccc(S(=O)(=O)N2CCCCC2C(=O)OCC(=O)Nc2ccc(Cl)cc2[N+](=O)[O-])cc1. The zero-order valence-corrected chi connectivity index (χ0v) is 19.3. The van der Waals surface area contributed by atoms with Gasteiger partial charge in [-0.05, 0) is 50.5 Å². The molecule has 176 valence electrons. The van der Waals surface area contributed by atoms with Crippen molar-refractivity contribution in [2.45, 2.75) is 37.1 Å². The van der Waals surface area contributed by atoms with Crippen molar-refractivity contribution in [2.24, 2.45) is 0 Å². The average molecular weight is 496 g/mol. The van der Waals surface area contributed by atoms with Crippen LogP contribution in [0, 0.1) is 17.0 Å². The molecule has 3 rings (SSSR count). The van der Waals surface area contributed by atoms with Crippen LogP contribution < -0.4 is 5.32 Å². The molecule has 2 aromatic rings. The molecule has 0 bridgehead atoms. The normalized spacial score (nSPS) is 16.7. The number of rotatable bonds is 7. The fraction of sp³-hybridized carbons (Fsp3) is 0.333. The third kappa shape index (κ3) is 5.86. The number of nitro benzene ring substituents is 1. The highest BCUT2D eigenvalue weighted by Crippen LogP contribution is 2.28. The second-order valence-corrected chi connectivity index (χ2v) is 9.84. The number of anilines is 1. The maximum Gasteiger partial charge on any atom is 0.324 e. The van der Waals surface area contributed by atoms with Crippen molar-refractivity contribution in [3.8, 4) is 0 Å². The fourth-order valence-corrected chi connectivity index (χ4v) is 5.27. The summed E-state index contributed by atoms with van der Waals surface area (Å²) in [6.45, 7) is 1.26. The number of sulfonamides is 1. The van der Waals surface area contributed by atoms with E-state index in [0.717, 1.165) is 15.9 Å². The number of nitro groups is 1. The maximum atomic E-state index is 13.1. The number of benzene rings is 2. The second-order valence-electron chi connectivity index (χ2n) is 7.51. The number of amides is 1. The van der Waals surface area contributed by atoms with Crippen LogP contribution in [-0.4, -0.2) is 48.7 Å². The first kappa shape index (κ1) is 24.6. The van der Waals surface area contributed by atoms with Crippen molar-refractivity contribution >= 4 is 44.9 Å². The average Bonchev–Trinajstić information content (AvgIpc) is 2.78. The van der Waals surface area contributed by atoms with Crippen LogP contribution in [0.2, 0.25) is 5.02 Å². The summed E-state index contributed by atoms with van der Waals surface area (Å²) < 4.78 is 32.3. The topological polar surface area (TPSA) is 136 Å². The van der Waals surface area contributed by atoms with E-state index in [1.54, 1.807) is 12.1 Å². The van der Waals surface area contributed by atoms with E-state index in [2.05, 4.69) is 5.32 Å². The van der Waals surface area contributed by atoms with Crippen molar-refractivity contribution in [3.05, 3.63) is 63.2 Å². The molecule has 1 fully saturated rings. The Bertz CT molecular complexity index is 1170. The second kappa shape index (κ2) is 10.3. The molecule has 1 atom stereocenters. The molecule has 1 saturated heterocycles. The molecule has 1 aliphatic rings. The highest BCUT2D eigenvalue weighted by atomic mass is 35.5. The van der Waals surface area contributed by atoms with E-state index >= 15 is 0 Å². The van der Waals surface area contributed by atoms with Gasteiger partial charge < -0.3 is 10.1 Å². The summed E-state index contributed by atoms with van der Waals surface area (Å²) in [7, 11) is -3.93. The molecular formula is C21H22ClN3O7S. The monoisotopic (exact) mass is 495 g/mol. The first-order valence-corrected chi connectivity index (χ1v) is 11.9. The van der Waals surface area contributed by atoms with Crippen LogP contribution in [0.25, 0.3) is 0 Å². The van der Waals surface area contributed by atoms with Gasteiger partial charge in [-0.3, -0.25) is 19.7 Å². The minimum atomic E-state index is -3.93. The molecule has 1 unspecified atom stereocenters. The predicted molar refractivity (Wildman–Crippen MR) is 120 cm³/mol. The molecule has 1 N–H and O–H groups in total. The number of piperidine rings is 1. The number of hydrogen-bond acceptors (Lipinski definition) is 7. The Hall–Kier alpha value is -3.02. The number of aryl methyl sites for hydroxylation is 1. The molecule has 1 aliphatic heterocycles. The van der Waals surface area contributed by atoms with Crippen molar-refractivity contribution in [1.29, 1.82) is 0 Å². The van der Waals surface area contributed by atoms with Gasteiger partial charge in [0.15, 0.2) is 6.61 Å². The third-order valence-electron chi connectivity index (χ3n) is 5.13. The number of ether oxygens (including phenoxy) is 1. The molecule has 2 aromatic carbocycles. The summed E-state index contributed by atoms with van der Waals surface area (Å²) in [5.74, 6) is -1.66. The van der Waals surface area contributed by atoms with Gasteiger partial charge in [-0.2, -0.15) is 4.31 Å². The lowest BCUT2D eigenvalue weighted by Crippen LogP contribution is -2.48. The van der Waals surface area contributed by atoms with E-state index in [-0.39, 0.29) is 28.6 Å². The van der Waals surface area contributed by atoms with E-state index in [4.69, 9.17) is 16.3 Å². The first-order chi connectivity index (χ1) is 15.6. The van der Waals surface area contributed by atoms with E-state index < -0.39 is 45.2 Å². The van der Waals surface area contributed by atoms with Gasteiger partial charge in [0, 0.05) is 17.6 Å². The lowest BCUT2D eigenvalue weighted by atomic mass is 10.1. The largest absolute Gasteiger partial charge is 0.454 e. The Morgan fingerprint density at radius 3 is 2.58 bits per heavy atom. The van der Waals surface area contributed by atoms with Crippen LogP contribution in [0.4, 0.5) is 11.4 Å². The van der Waals surface area contributed by atoms with Crippen molar-refractivity contribution in [1.82, 2.24) is 4.31 Å². The number of nitrogens with zero attached hydrogens (tertiary/aromatic N) is 2. The van der Waals surface area contributed by atoms with E-state index in [1.165, 1.54) is 24.3 Å². The van der Waals surface area contributed by atoms with Crippen LogP contribution in [0.5, 0.6) is 0 Å². The van der Waals surface area contributed by atoms with E-state index in [9.17, 15) is 28.1 Å². The van der Waals surface area contributed by atoms with E-state index in [1.807, 2.05) is 6.92 Å². The Morgan fingerprint density at radius 2 is 1.91 bits per heavy atom. The first-order valence-electron chi connectivity index (χ1n) is 10.1. The van der Waals surface area contributed by atoms with Gasteiger partial charge in [-0.15, -0.1) is 0 Å². The van der Waals surface area contributed by atoms with Crippen molar-refractivity contribution < 1.29 is 27.7 Å². The minimum absolute atomic E-state index is 0.0700. The van der Waals surface area contributed by atoms with Crippen LogP contribution in [0.1, 0.15) is 24.8 Å². The van der Waals surface area contributed by atoms with Gasteiger partial charge in [-0.1, -0.05) is 29.3 Å². The number of esters is 1. The quantitative estimate of drug-likeness (QED) is 0.353. The molecule has 10 nitrogen and oxygen atoms in total. The molecule has 12 heteroatoms. The standard InChI is InChI=1S/C21H22ClN3O7S/c1-14-5-8-16(9-6-14)33(30,31)24-11-3-2-4-18(24)21(27)32-13-20(26)23-17-10-7-15(22)12-19(17)25(28)29/h5-10,12,18H,2-4,11,13H2,1H3,(H,23,26). The van der Waals surface area contributed by atoms with Gasteiger partial charge in [-0.25, -0.2) is 8.42 Å². The highest BCUT2D eigenvalue weighted by molar-refractivity contribution is 7.89. The minimum Gasteiger partial charge on any atom is -0.454 e. The lowest BCUT2D eigenvalue weighted by Gasteiger charge is -2.33. The Kier molecular flexibility index (Phi) is 7.67. The molecule has 0 aromatic heterocycles. The maximum absolute atomic E-state index is 13.1. The summed E-state index contributed by atoms with van der Waals surface area (Å²) in [5.41, 5.74) is 0.381. The van der Waals surface area contributed by atoms with Gasteiger partial charge in [0.05, 0.1) is 9.82 Å². The Balaban J connectivity index is 1.68. The summed E-state index contributed by atoms with van der Waals surface area (Å²) in [5, 5.41) is 13.6. The Labute approximate surface area is 195 Å². The number of carbonyl (C=O) groups excluding carboxylic acids is 2. The van der Waals surface area contributed by atoms with Gasteiger partial charge in [0.1, 0.15) is 11.7 Å². The smallest absolute Gasteiger partial charge is 0.324 e. The fourth-order valence-electron chi connectivity index (χ4n) is 3.45. The van der Waals surface area contributed by atoms with Gasteiger partial charge in [0.2, 0.25) is 10.0 Å². The number of nitrogens with one attached hydrogen (secondary N) is 1. The summed E-state index contributed by atoms with van der Waals surface area (Å²) in [4.78, 5) is 35.4. The molecule has 33 heavy (non-hydrogen) atoms. The zero-order valence-electron chi connectivity index (χ0n) is 17.7. The predicted octanol–water partition coefficient (Wildman–Crippen LogP) is 3.28. The summed E-state index contributed by atoms with van der Waals surface area (Å²) in [6, 6.07) is 8.95. The molecule has 0 radical (unpaired) electrons. The van der Waals surface area contributed by atoms with E-state index in [0.29, 0.717) is 12.8 Å². The number of hydrogen-bond donors (Lipinski definition) is 1. The highest BCUT2D eigenvalue weighted by Gasteiger charge is 2.38. The molecule has 0 aliphatic carbocycles. The molecule has 1 amide bonds. The van der Waals surface area contributed by atoms with Crippen LogP contribution in [0.3, 0.4) is 0 Å². The number of halogens is 1. The summed E-state index contributed by atoms with van der Waals surface area (Å²) in [6.07, 6.45) is 1.48. The third-order valence-corrected chi connectivity index (χ3v) is 7.29. The van der Waals surface area contributed by atoms with Crippen LogP contribution in [-0.2, 0) is 24.3 Å². The van der Waals surface area contributed by atoms with Crippen LogP contribution >= 0.6 is 11.6 Å². The number of carbonyl (C=O) groups is 2. The molecule has 0 spiro atoms. The van der Waals surface area contributed by atoms with Crippen LogP contribution in [0.15, 0.2) is 47.4 Å². The Morgan fingerprint density at radius 1 is 1.21 bits per heavy atom. The molecular weight excluding hydrogens is 474 g/mol. The van der Waals surface area contributed by atoms with Crippen molar-refractivity contribution in [3.63, 3.8) is 0 Å². The summed E-state index contributed by atoms with van der Waals surface area (Å²) >= 11 is 5.75.